The molecule has 0 bridgehead atoms. The summed E-state index contributed by atoms with van der Waals surface area (Å²) in [6, 6.07) is 9.87. The van der Waals surface area contributed by atoms with Crippen LogP contribution in [-0.4, -0.2) is 34.0 Å². The third-order valence-electron chi connectivity index (χ3n) is 5.69. The third-order valence-corrected chi connectivity index (χ3v) is 5.69. The molecule has 10 heteroatoms. The van der Waals surface area contributed by atoms with Crippen LogP contribution in [0.15, 0.2) is 47.3 Å². The number of methoxy groups -OCH3 is 2. The lowest BCUT2D eigenvalue weighted by Crippen LogP contribution is -2.15. The number of nitrogens with zero attached hydrogens (tertiary/aromatic N) is 3. The Morgan fingerprint density at radius 3 is 2.35 bits per heavy atom. The zero-order chi connectivity index (χ0) is 24.6. The quantitative estimate of drug-likeness (QED) is 0.441. The number of nitrogens with one attached hydrogen (secondary N) is 1. The van der Waals surface area contributed by atoms with E-state index in [1.165, 1.54) is 19.2 Å². The van der Waals surface area contributed by atoms with E-state index < -0.39 is 17.8 Å². The van der Waals surface area contributed by atoms with Gasteiger partial charge in [0.1, 0.15) is 11.2 Å². The van der Waals surface area contributed by atoms with Crippen LogP contribution in [0.3, 0.4) is 0 Å². The molecule has 0 aliphatic heterocycles. The molecule has 0 spiro atoms. The molecule has 178 valence electrons. The van der Waals surface area contributed by atoms with Crippen molar-refractivity contribution in [2.45, 2.75) is 32.5 Å². The highest BCUT2D eigenvalue weighted by Crippen LogP contribution is 2.31. The summed E-state index contributed by atoms with van der Waals surface area (Å²) in [5.41, 5.74) is 1.25. The Labute approximate surface area is 193 Å². The monoisotopic (exact) mass is 472 g/mol. The number of hydrogen-bond donors (Lipinski definition) is 1. The molecule has 2 aromatic carbocycles. The van der Waals surface area contributed by atoms with Crippen LogP contribution in [0, 0.1) is 6.92 Å². The largest absolute Gasteiger partial charge is 0.493 e. The van der Waals surface area contributed by atoms with Gasteiger partial charge in [0.2, 0.25) is 0 Å². The summed E-state index contributed by atoms with van der Waals surface area (Å²) in [4.78, 5) is 20.3. The third kappa shape index (κ3) is 4.35. The number of alkyl halides is 3. The lowest BCUT2D eigenvalue weighted by atomic mass is 10.1. The van der Waals surface area contributed by atoms with Gasteiger partial charge >= 0.3 is 6.18 Å². The second-order valence-corrected chi connectivity index (χ2v) is 7.90. The van der Waals surface area contributed by atoms with Gasteiger partial charge in [-0.1, -0.05) is 18.2 Å². The van der Waals surface area contributed by atoms with E-state index in [1.807, 2.05) is 6.07 Å². The molecule has 1 atom stereocenters. The van der Waals surface area contributed by atoms with Crippen LogP contribution in [0.4, 0.5) is 13.2 Å². The maximum atomic E-state index is 12.9. The Bertz CT molecular complexity index is 1390. The minimum Gasteiger partial charge on any atom is -0.493 e. The number of fused-ring (bicyclic) bond motifs is 1. The average Bonchev–Trinajstić information content (AvgIpc) is 3.14. The standard InChI is InChI=1S/C24H23F3N4O3/c1-13-21-22(31(30-13)14(2)16-6-8-17(9-7-16)24(25,26)27)28-20(29-23(21)32)12-15-5-10-18(33-3)19(11-15)34-4/h5-11,14H,12H2,1-4H3,(H,28,29,32). The van der Waals surface area contributed by atoms with Gasteiger partial charge in [-0.05, 0) is 49.2 Å². The first kappa shape index (κ1) is 23.3. The molecule has 0 aliphatic rings. The number of H-pyrrole nitrogens is 1. The van der Waals surface area contributed by atoms with E-state index in [1.54, 1.807) is 37.8 Å². The first-order chi connectivity index (χ1) is 16.1. The molecule has 0 saturated carbocycles. The van der Waals surface area contributed by atoms with Gasteiger partial charge in [-0.15, -0.1) is 0 Å². The SMILES string of the molecule is COc1ccc(Cc2nc3c(c(C)nn3C(C)c3ccc(C(F)(F)F)cc3)c(=O)[nH]2)cc1OC. The number of aromatic nitrogens is 4. The lowest BCUT2D eigenvalue weighted by molar-refractivity contribution is -0.137. The first-order valence-corrected chi connectivity index (χ1v) is 10.5. The number of halogens is 3. The van der Waals surface area contributed by atoms with E-state index in [2.05, 4.69) is 15.1 Å². The Kier molecular flexibility index (Phi) is 6.07. The second-order valence-electron chi connectivity index (χ2n) is 7.90. The molecule has 0 saturated heterocycles. The van der Waals surface area contributed by atoms with Crippen molar-refractivity contribution < 1.29 is 22.6 Å². The summed E-state index contributed by atoms with van der Waals surface area (Å²) in [6.07, 6.45) is -4.09. The molecule has 2 aromatic heterocycles. The van der Waals surface area contributed by atoms with E-state index in [-0.39, 0.29) is 5.56 Å². The molecule has 4 aromatic rings. The molecule has 0 aliphatic carbocycles. The van der Waals surface area contributed by atoms with Gasteiger partial charge in [-0.25, -0.2) is 9.67 Å². The van der Waals surface area contributed by atoms with Crippen LogP contribution in [-0.2, 0) is 12.6 Å². The minimum atomic E-state index is -4.41. The maximum absolute atomic E-state index is 12.9. The second kappa shape index (κ2) is 8.85. The fraction of sp³-hybridized carbons (Fsp3) is 0.292. The number of hydrogen-bond acceptors (Lipinski definition) is 5. The fourth-order valence-corrected chi connectivity index (χ4v) is 3.89. The van der Waals surface area contributed by atoms with E-state index in [0.29, 0.717) is 46.0 Å². The summed E-state index contributed by atoms with van der Waals surface area (Å²) in [5.74, 6) is 1.56. The van der Waals surface area contributed by atoms with Crippen LogP contribution < -0.4 is 15.0 Å². The molecule has 4 rings (SSSR count). The normalized spacial score (nSPS) is 12.7. The highest BCUT2D eigenvalue weighted by Gasteiger charge is 2.30. The average molecular weight is 472 g/mol. The van der Waals surface area contributed by atoms with Gasteiger partial charge in [0.25, 0.3) is 5.56 Å². The smallest absolute Gasteiger partial charge is 0.416 e. The van der Waals surface area contributed by atoms with E-state index >= 15 is 0 Å². The molecular formula is C24H23F3N4O3. The topological polar surface area (TPSA) is 82.0 Å². The predicted molar refractivity (Wildman–Crippen MR) is 120 cm³/mol. The Morgan fingerprint density at radius 1 is 1.06 bits per heavy atom. The summed E-state index contributed by atoms with van der Waals surface area (Å²) < 4.78 is 51.0. The number of aromatic amines is 1. The molecule has 0 radical (unpaired) electrons. The highest BCUT2D eigenvalue weighted by molar-refractivity contribution is 5.77. The van der Waals surface area contributed by atoms with Crippen LogP contribution >= 0.6 is 0 Å². The van der Waals surface area contributed by atoms with Crippen molar-refractivity contribution in [3.05, 3.63) is 81.0 Å². The molecule has 7 nitrogen and oxygen atoms in total. The van der Waals surface area contributed by atoms with Crippen molar-refractivity contribution in [1.29, 1.82) is 0 Å². The zero-order valence-electron chi connectivity index (χ0n) is 19.0. The van der Waals surface area contributed by atoms with E-state index in [4.69, 9.17) is 9.47 Å². The van der Waals surface area contributed by atoms with Crippen molar-refractivity contribution in [3.8, 4) is 11.5 Å². The van der Waals surface area contributed by atoms with Crippen molar-refractivity contribution in [1.82, 2.24) is 19.7 Å². The summed E-state index contributed by atoms with van der Waals surface area (Å²) >= 11 is 0. The molecule has 0 fully saturated rings. The van der Waals surface area contributed by atoms with Gasteiger partial charge in [0.05, 0.1) is 31.5 Å². The molecule has 1 N–H and O–H groups in total. The minimum absolute atomic E-state index is 0.324. The van der Waals surface area contributed by atoms with E-state index in [0.717, 1.165) is 17.7 Å². The fourth-order valence-electron chi connectivity index (χ4n) is 3.89. The van der Waals surface area contributed by atoms with Crippen molar-refractivity contribution in [2.75, 3.05) is 14.2 Å². The number of aryl methyl sites for hydroxylation is 1. The molecule has 34 heavy (non-hydrogen) atoms. The maximum Gasteiger partial charge on any atom is 0.416 e. The molecule has 0 amide bonds. The van der Waals surface area contributed by atoms with Gasteiger partial charge in [-0.3, -0.25) is 4.79 Å². The van der Waals surface area contributed by atoms with Gasteiger partial charge < -0.3 is 14.5 Å². The zero-order valence-corrected chi connectivity index (χ0v) is 19.0. The van der Waals surface area contributed by atoms with Crippen LogP contribution in [0.1, 0.15) is 41.2 Å². The Morgan fingerprint density at radius 2 is 1.74 bits per heavy atom. The first-order valence-electron chi connectivity index (χ1n) is 10.5. The van der Waals surface area contributed by atoms with Crippen LogP contribution in [0.2, 0.25) is 0 Å². The summed E-state index contributed by atoms with van der Waals surface area (Å²) in [6.45, 7) is 3.49. The van der Waals surface area contributed by atoms with Crippen molar-refractivity contribution in [2.24, 2.45) is 0 Å². The number of benzene rings is 2. The Balaban J connectivity index is 1.73. The van der Waals surface area contributed by atoms with Gasteiger partial charge in [0, 0.05) is 6.42 Å². The molecule has 2 heterocycles. The highest BCUT2D eigenvalue weighted by atomic mass is 19.4. The molecular weight excluding hydrogens is 449 g/mol. The summed E-state index contributed by atoms with van der Waals surface area (Å²) in [5, 5.41) is 4.81. The Hall–Kier alpha value is -3.82. The van der Waals surface area contributed by atoms with Crippen LogP contribution in [0.25, 0.3) is 11.0 Å². The lowest BCUT2D eigenvalue weighted by Gasteiger charge is -2.15. The predicted octanol–water partition coefficient (Wildman–Crippen LogP) is 4.66. The van der Waals surface area contributed by atoms with Gasteiger partial charge in [-0.2, -0.15) is 18.3 Å². The van der Waals surface area contributed by atoms with Gasteiger partial charge in [0.15, 0.2) is 17.1 Å². The number of rotatable bonds is 6. The van der Waals surface area contributed by atoms with Crippen molar-refractivity contribution in [3.63, 3.8) is 0 Å². The van der Waals surface area contributed by atoms with E-state index in [9.17, 15) is 18.0 Å². The van der Waals surface area contributed by atoms with Crippen LogP contribution in [0.5, 0.6) is 11.5 Å². The molecule has 1 unspecified atom stereocenters. The van der Waals surface area contributed by atoms with Crippen molar-refractivity contribution >= 4 is 11.0 Å². The number of ether oxygens (including phenoxy) is 2. The summed E-state index contributed by atoms with van der Waals surface area (Å²) in [7, 11) is 3.09.